The summed E-state index contributed by atoms with van der Waals surface area (Å²) in [6, 6.07) is 17.8. The highest BCUT2D eigenvalue weighted by Gasteiger charge is 2.41. The zero-order valence-electron chi connectivity index (χ0n) is 14.6. The first kappa shape index (κ1) is 18.2. The van der Waals surface area contributed by atoms with E-state index in [4.69, 9.17) is 28.6 Å². The van der Waals surface area contributed by atoms with Crippen molar-refractivity contribution in [3.63, 3.8) is 0 Å². The Morgan fingerprint density at radius 3 is 2.63 bits per heavy atom. The fraction of sp³-hybridized carbons (Fsp3) is 0.200. The van der Waals surface area contributed by atoms with E-state index in [1.807, 2.05) is 55.5 Å². The van der Waals surface area contributed by atoms with Crippen LogP contribution in [0.3, 0.4) is 0 Å². The van der Waals surface area contributed by atoms with E-state index in [1.165, 1.54) is 0 Å². The standard InChI is InChI=1S/C20H18ClN3OS2/c1-2-25-14-8-6-13(7-9-14)24-19(16-10-11-17(21)27-16)18(23-20(24)26)15-5-3-4-12-22-15/h3-12,18-19H,2H2,1H3,(H,23,26)/t18-,19-/m0/s1. The van der Waals surface area contributed by atoms with Gasteiger partial charge in [0.25, 0.3) is 0 Å². The summed E-state index contributed by atoms with van der Waals surface area (Å²) in [5, 5.41) is 4.11. The molecule has 2 aromatic heterocycles. The van der Waals surface area contributed by atoms with Gasteiger partial charge in [0.15, 0.2) is 5.11 Å². The smallest absolute Gasteiger partial charge is 0.174 e. The molecule has 0 saturated carbocycles. The lowest BCUT2D eigenvalue weighted by molar-refractivity contribution is 0.340. The molecule has 3 aromatic rings. The van der Waals surface area contributed by atoms with Crippen molar-refractivity contribution >= 4 is 46.0 Å². The predicted octanol–water partition coefficient (Wildman–Crippen LogP) is 5.37. The van der Waals surface area contributed by atoms with E-state index >= 15 is 0 Å². The third-order valence-electron chi connectivity index (χ3n) is 4.41. The molecule has 0 spiro atoms. The minimum absolute atomic E-state index is 0.0251. The summed E-state index contributed by atoms with van der Waals surface area (Å²) in [4.78, 5) is 7.81. The molecule has 3 heterocycles. The van der Waals surface area contributed by atoms with Crippen molar-refractivity contribution in [1.82, 2.24) is 10.3 Å². The number of pyridine rings is 1. The number of hydrogen-bond donors (Lipinski definition) is 1. The maximum absolute atomic E-state index is 6.23. The Morgan fingerprint density at radius 2 is 2.00 bits per heavy atom. The number of thiocarbonyl (C=S) groups is 1. The van der Waals surface area contributed by atoms with Crippen LogP contribution in [0.1, 0.15) is 29.6 Å². The van der Waals surface area contributed by atoms with Gasteiger partial charge in [-0.05, 0) is 67.7 Å². The summed E-state index contributed by atoms with van der Waals surface area (Å²) >= 11 is 13.5. The Labute approximate surface area is 172 Å². The molecule has 4 nitrogen and oxygen atoms in total. The first-order chi connectivity index (χ1) is 13.2. The normalized spacial score (nSPS) is 19.2. The number of rotatable bonds is 5. The lowest BCUT2D eigenvalue weighted by Gasteiger charge is -2.27. The number of nitrogens with one attached hydrogen (secondary N) is 1. The van der Waals surface area contributed by atoms with Gasteiger partial charge in [0.05, 0.1) is 28.7 Å². The molecule has 0 radical (unpaired) electrons. The van der Waals surface area contributed by atoms with Crippen LogP contribution >= 0.6 is 35.2 Å². The van der Waals surface area contributed by atoms with Crippen LogP contribution in [0.4, 0.5) is 5.69 Å². The second-order valence-electron chi connectivity index (χ2n) is 6.07. The third-order valence-corrected chi connectivity index (χ3v) is 6.03. The lowest BCUT2D eigenvalue weighted by atomic mass is 10.0. The Balaban J connectivity index is 1.75. The lowest BCUT2D eigenvalue weighted by Crippen LogP contribution is -2.29. The second-order valence-corrected chi connectivity index (χ2v) is 8.20. The highest BCUT2D eigenvalue weighted by Crippen LogP contribution is 2.44. The molecule has 1 aliphatic heterocycles. The van der Waals surface area contributed by atoms with Gasteiger partial charge in [-0.2, -0.15) is 0 Å². The Kier molecular flexibility index (Phi) is 5.29. The zero-order valence-corrected chi connectivity index (χ0v) is 17.0. The van der Waals surface area contributed by atoms with Crippen molar-refractivity contribution in [3.8, 4) is 5.75 Å². The number of hydrogen-bond acceptors (Lipinski definition) is 4. The Morgan fingerprint density at radius 1 is 1.19 bits per heavy atom. The molecular formula is C20H18ClN3OS2. The van der Waals surface area contributed by atoms with Gasteiger partial charge in [0.2, 0.25) is 0 Å². The van der Waals surface area contributed by atoms with Crippen molar-refractivity contribution in [2.24, 2.45) is 0 Å². The molecule has 0 unspecified atom stereocenters. The van der Waals surface area contributed by atoms with E-state index in [0.717, 1.165) is 26.3 Å². The molecule has 1 fully saturated rings. The van der Waals surface area contributed by atoms with Crippen molar-refractivity contribution in [1.29, 1.82) is 0 Å². The van der Waals surface area contributed by atoms with Gasteiger partial charge in [-0.15, -0.1) is 11.3 Å². The highest BCUT2D eigenvalue weighted by atomic mass is 35.5. The van der Waals surface area contributed by atoms with Crippen LogP contribution in [0.15, 0.2) is 60.8 Å². The van der Waals surface area contributed by atoms with Crippen molar-refractivity contribution in [3.05, 3.63) is 75.7 Å². The molecule has 1 saturated heterocycles. The van der Waals surface area contributed by atoms with Crippen LogP contribution in [0.2, 0.25) is 4.34 Å². The van der Waals surface area contributed by atoms with Crippen LogP contribution in [0.5, 0.6) is 5.75 Å². The molecule has 0 bridgehead atoms. The van der Waals surface area contributed by atoms with Crippen LogP contribution in [0.25, 0.3) is 0 Å². The number of benzene rings is 1. The highest BCUT2D eigenvalue weighted by molar-refractivity contribution is 7.80. The van der Waals surface area contributed by atoms with Gasteiger partial charge in [-0.25, -0.2) is 0 Å². The summed E-state index contributed by atoms with van der Waals surface area (Å²) in [6.07, 6.45) is 1.80. The van der Waals surface area contributed by atoms with Gasteiger partial charge >= 0.3 is 0 Å². The second kappa shape index (κ2) is 7.84. The largest absolute Gasteiger partial charge is 0.494 e. The number of ether oxygens (including phenoxy) is 1. The summed E-state index contributed by atoms with van der Waals surface area (Å²) in [5.74, 6) is 0.844. The zero-order chi connectivity index (χ0) is 18.8. The molecule has 7 heteroatoms. The number of anilines is 1. The molecule has 138 valence electrons. The van der Waals surface area contributed by atoms with E-state index in [9.17, 15) is 0 Å². The number of halogens is 1. The van der Waals surface area contributed by atoms with Crippen molar-refractivity contribution in [2.75, 3.05) is 11.5 Å². The van der Waals surface area contributed by atoms with E-state index in [-0.39, 0.29) is 12.1 Å². The average molecular weight is 416 g/mol. The molecular weight excluding hydrogens is 398 g/mol. The fourth-order valence-corrected chi connectivity index (χ4v) is 4.81. The van der Waals surface area contributed by atoms with Gasteiger partial charge < -0.3 is 15.0 Å². The molecule has 1 N–H and O–H groups in total. The van der Waals surface area contributed by atoms with E-state index in [1.54, 1.807) is 17.5 Å². The average Bonchev–Trinajstić information content (AvgIpc) is 3.26. The minimum Gasteiger partial charge on any atom is -0.494 e. The topological polar surface area (TPSA) is 37.4 Å². The van der Waals surface area contributed by atoms with Crippen LogP contribution in [-0.4, -0.2) is 16.7 Å². The van der Waals surface area contributed by atoms with E-state index in [2.05, 4.69) is 21.3 Å². The molecule has 2 atom stereocenters. The van der Waals surface area contributed by atoms with E-state index < -0.39 is 0 Å². The quantitative estimate of drug-likeness (QED) is 0.567. The van der Waals surface area contributed by atoms with Crippen molar-refractivity contribution in [2.45, 2.75) is 19.0 Å². The van der Waals surface area contributed by atoms with Crippen molar-refractivity contribution < 1.29 is 4.74 Å². The molecule has 1 aromatic carbocycles. The molecule has 1 aliphatic rings. The van der Waals surface area contributed by atoms with Crippen LogP contribution in [-0.2, 0) is 0 Å². The SMILES string of the molecule is CCOc1ccc(N2C(=S)N[C@@H](c3ccccn3)[C@@H]2c2ccc(Cl)s2)cc1. The summed E-state index contributed by atoms with van der Waals surface area (Å²) < 4.78 is 6.32. The van der Waals surface area contributed by atoms with Gasteiger partial charge in [0, 0.05) is 16.8 Å². The summed E-state index contributed by atoms with van der Waals surface area (Å²) in [6.45, 7) is 2.61. The van der Waals surface area contributed by atoms with Gasteiger partial charge in [0.1, 0.15) is 5.75 Å². The maximum Gasteiger partial charge on any atom is 0.174 e. The number of thiophene rings is 1. The number of aromatic nitrogens is 1. The maximum atomic E-state index is 6.23. The Bertz CT molecular complexity index is 930. The predicted molar refractivity (Wildman–Crippen MR) is 115 cm³/mol. The number of nitrogens with zero attached hydrogens (tertiary/aromatic N) is 2. The van der Waals surface area contributed by atoms with Crippen LogP contribution in [0, 0.1) is 0 Å². The first-order valence-corrected chi connectivity index (χ1v) is 10.3. The molecule has 0 aliphatic carbocycles. The summed E-state index contributed by atoms with van der Waals surface area (Å²) in [7, 11) is 0. The molecule has 4 rings (SSSR count). The first-order valence-electron chi connectivity index (χ1n) is 8.66. The minimum atomic E-state index is -0.0556. The fourth-order valence-electron chi connectivity index (χ4n) is 3.28. The molecule has 0 amide bonds. The van der Waals surface area contributed by atoms with E-state index in [0.29, 0.717) is 11.7 Å². The van der Waals surface area contributed by atoms with Gasteiger partial charge in [-0.3, -0.25) is 4.98 Å². The Hall–Kier alpha value is -2.15. The summed E-state index contributed by atoms with van der Waals surface area (Å²) in [5.41, 5.74) is 1.95. The third kappa shape index (κ3) is 3.65. The monoisotopic (exact) mass is 415 g/mol. The van der Waals surface area contributed by atoms with Crippen LogP contribution < -0.4 is 15.0 Å². The van der Waals surface area contributed by atoms with Gasteiger partial charge in [-0.1, -0.05) is 17.7 Å². The molecule has 27 heavy (non-hydrogen) atoms.